The number of hydrogen-bond acceptors (Lipinski definition) is 14. The van der Waals surface area contributed by atoms with E-state index in [1.165, 1.54) is 0 Å². The van der Waals surface area contributed by atoms with Crippen LogP contribution in [0.15, 0.2) is 96.3 Å². The Balaban J connectivity index is 0.00000593. The molecule has 358 valence electrons. The van der Waals surface area contributed by atoms with E-state index < -0.39 is 5.92 Å². The monoisotopic (exact) mass is 952 g/mol. The van der Waals surface area contributed by atoms with E-state index in [1.807, 2.05) is 31.2 Å². The van der Waals surface area contributed by atoms with Gasteiger partial charge in [-0.3, -0.25) is 0 Å². The average Bonchev–Trinajstić information content (AvgIpc) is 3.39. The predicted octanol–water partition coefficient (Wildman–Crippen LogP) is 11.6. The van der Waals surface area contributed by atoms with E-state index in [4.69, 9.17) is 62.8 Å². The third-order valence-electron chi connectivity index (χ3n) is 13.8. The fourth-order valence-electron chi connectivity index (χ4n) is 10.3. The molecule has 10 rings (SSSR count). The Morgan fingerprint density at radius 3 is 0.971 bits per heavy atom. The van der Waals surface area contributed by atoms with Gasteiger partial charge in [-0.05, 0) is 62.1 Å². The number of phenols is 2. The van der Waals surface area contributed by atoms with E-state index in [0.717, 1.165) is 33.4 Å². The number of benzene rings is 6. The number of halogens is 1. The molecule has 3 heterocycles. The molecule has 0 amide bonds. The number of anilines is 4. The summed E-state index contributed by atoms with van der Waals surface area (Å²) in [6.45, 7) is 8.52. The van der Waals surface area contributed by atoms with Crippen LogP contribution in [-0.2, 0) is 0 Å². The smallest absolute Gasteiger partial charge is 0.172 e. The molecule has 0 saturated carbocycles. The first-order chi connectivity index (χ1) is 32.8. The first-order valence-electron chi connectivity index (χ1n) is 23.1. The van der Waals surface area contributed by atoms with E-state index in [9.17, 15) is 10.2 Å². The number of phenolic OH excluding ortho intramolecular Hbond substituents is 2. The minimum Gasteiger partial charge on any atom is -0.508 e. The molecule has 0 fully saturated rings. The molecule has 4 aliphatic rings. The van der Waals surface area contributed by atoms with Gasteiger partial charge in [0.1, 0.15) is 59.2 Å². The number of fused-ring (bicyclic) bond motifs is 4. The number of aromatic hydroxyl groups is 2. The Morgan fingerprint density at radius 2 is 0.623 bits per heavy atom. The van der Waals surface area contributed by atoms with Gasteiger partial charge in [0.15, 0.2) is 23.0 Å². The lowest BCUT2D eigenvalue weighted by molar-refractivity contribution is 0.347. The van der Waals surface area contributed by atoms with Gasteiger partial charge >= 0.3 is 0 Å². The van der Waals surface area contributed by atoms with Crippen LogP contribution in [0.5, 0.6) is 69.0 Å². The summed E-state index contributed by atoms with van der Waals surface area (Å²) < 4.78 is 40.8. The molecular weight excluding hydrogens is 896 g/mol. The maximum absolute atomic E-state index is 12.2. The van der Waals surface area contributed by atoms with Gasteiger partial charge in [0.25, 0.3) is 0 Å². The van der Waals surface area contributed by atoms with Crippen LogP contribution >= 0.6 is 12.4 Å². The van der Waals surface area contributed by atoms with Gasteiger partial charge in [0.2, 0.25) is 0 Å². The molecule has 15 heteroatoms. The minimum atomic E-state index is -0.492. The number of hydrogen-bond donors (Lipinski definition) is 8. The largest absolute Gasteiger partial charge is 0.508 e. The summed E-state index contributed by atoms with van der Waals surface area (Å²) in [5.41, 5.74) is 46.7. The zero-order chi connectivity index (χ0) is 47.7. The lowest BCUT2D eigenvalue weighted by atomic mass is 9.77. The SMILES string of the molecule is CC[C@H]1c2cc3c(cc2O)OC/C=C(N)\C(N)=C/COc2cc4c(cc2[C@@H]3CC)[C@@H](CC)c2cc3c(cc2Oc2cc(N)c(N)cc2O4)Oc2cc(N)c(N)cc2Oc2cc(O)c1cc2[C@@H]3CC.Cl. The van der Waals surface area contributed by atoms with Crippen molar-refractivity contribution in [1.82, 2.24) is 0 Å². The summed E-state index contributed by atoms with van der Waals surface area (Å²) in [6.07, 6.45) is 5.72. The summed E-state index contributed by atoms with van der Waals surface area (Å²) in [5.74, 6) is 2.54. The molecule has 6 aromatic rings. The van der Waals surface area contributed by atoms with E-state index in [-0.39, 0.29) is 54.9 Å². The maximum Gasteiger partial charge on any atom is 0.172 e. The van der Waals surface area contributed by atoms with E-state index in [2.05, 4.69) is 32.9 Å². The summed E-state index contributed by atoms with van der Waals surface area (Å²) in [5, 5.41) is 24.4. The Bertz CT molecular complexity index is 3120. The standard InChI is InChI=1S/C54H56N6O8.ClH/c1-5-25-29-13-31-26(6-2)32-15-34-28(8-4)36-16-35-27(7-3)33-14-30(25)44(62)22-47(33)65-51-17-39(57)40(58)18-52(51)67-49(35)24-50(36)68-54-20-42(60)41(59)19-53(54)66-48(34)23-46(32)64-12-10-38(56)37(55)9-11-63-45(31)21-43(29)61;/h9-10,13-28,61-62H,5-8,11-12,55-60H2,1-4H3;1H/b37-9+,38-10+;/t25-,26+,27-,28+;/m0./s1. The summed E-state index contributed by atoms with van der Waals surface area (Å²) in [4.78, 5) is 0. The molecule has 0 aromatic heterocycles. The molecule has 0 saturated heterocycles. The molecule has 69 heavy (non-hydrogen) atoms. The molecule has 0 unspecified atom stereocenters. The van der Waals surface area contributed by atoms with E-state index in [1.54, 1.807) is 48.6 Å². The van der Waals surface area contributed by atoms with Crippen molar-refractivity contribution in [2.24, 2.45) is 11.5 Å². The number of nitrogens with two attached hydrogens (primary N) is 6. The molecule has 1 aliphatic carbocycles. The minimum absolute atomic E-state index is 0. The van der Waals surface area contributed by atoms with Crippen LogP contribution in [0.1, 0.15) is 122 Å². The second-order valence-electron chi connectivity index (χ2n) is 17.8. The highest BCUT2D eigenvalue weighted by Gasteiger charge is 2.36. The summed E-state index contributed by atoms with van der Waals surface area (Å²) in [7, 11) is 0. The highest BCUT2D eigenvalue weighted by molar-refractivity contribution is 5.85. The van der Waals surface area contributed by atoms with Crippen LogP contribution in [0.2, 0.25) is 0 Å². The molecular formula is C54H57ClN6O8. The van der Waals surface area contributed by atoms with Crippen LogP contribution < -0.4 is 62.8 Å². The Kier molecular flexibility index (Phi) is 12.2. The van der Waals surface area contributed by atoms with Crippen LogP contribution in [0, 0.1) is 0 Å². The van der Waals surface area contributed by atoms with Gasteiger partial charge in [0.05, 0.1) is 34.1 Å². The second kappa shape index (κ2) is 18.1. The van der Waals surface area contributed by atoms with Crippen LogP contribution in [0.4, 0.5) is 22.7 Å². The van der Waals surface area contributed by atoms with Gasteiger partial charge in [-0.2, -0.15) is 0 Å². The molecule has 4 atom stereocenters. The lowest BCUT2D eigenvalue weighted by Crippen LogP contribution is -2.13. The van der Waals surface area contributed by atoms with Gasteiger partial charge in [-0.15, -0.1) is 12.4 Å². The molecule has 0 radical (unpaired) electrons. The van der Waals surface area contributed by atoms with Crippen molar-refractivity contribution in [1.29, 1.82) is 0 Å². The number of rotatable bonds is 4. The fourth-order valence-corrected chi connectivity index (χ4v) is 10.3. The van der Waals surface area contributed by atoms with Crippen LogP contribution in [-0.4, -0.2) is 23.4 Å². The molecule has 14 N–H and O–H groups in total. The van der Waals surface area contributed by atoms with Gasteiger partial charge in [-0.25, -0.2) is 0 Å². The predicted molar refractivity (Wildman–Crippen MR) is 271 cm³/mol. The van der Waals surface area contributed by atoms with Crippen LogP contribution in [0.25, 0.3) is 0 Å². The molecule has 3 aliphatic heterocycles. The van der Waals surface area contributed by atoms with Gasteiger partial charge in [0, 0.05) is 117 Å². The third kappa shape index (κ3) is 7.97. The van der Waals surface area contributed by atoms with Gasteiger partial charge in [-0.1, -0.05) is 27.7 Å². The van der Waals surface area contributed by atoms with Crippen LogP contribution in [0.3, 0.4) is 0 Å². The van der Waals surface area contributed by atoms with E-state index >= 15 is 0 Å². The summed E-state index contributed by atoms with van der Waals surface area (Å²) in [6, 6.07) is 22.0. The Labute approximate surface area is 406 Å². The van der Waals surface area contributed by atoms with Crippen molar-refractivity contribution < 1.29 is 38.6 Å². The normalized spacial score (nSPS) is 20.1. The van der Waals surface area contributed by atoms with Crippen molar-refractivity contribution >= 4 is 35.2 Å². The second-order valence-corrected chi connectivity index (χ2v) is 17.8. The highest BCUT2D eigenvalue weighted by atomic mass is 35.5. The zero-order valence-electron chi connectivity index (χ0n) is 38.9. The first kappa shape index (κ1) is 46.4. The van der Waals surface area contributed by atoms with Crippen molar-refractivity contribution in [2.75, 3.05) is 36.1 Å². The highest BCUT2D eigenvalue weighted by Crippen LogP contribution is 2.57. The Morgan fingerprint density at radius 1 is 0.362 bits per heavy atom. The van der Waals surface area contributed by atoms with Crippen molar-refractivity contribution in [3.05, 3.63) is 141 Å². The number of nitrogen functional groups attached to an aromatic ring is 4. The quantitative estimate of drug-likeness (QED) is 0.0766. The molecule has 8 bridgehead atoms. The van der Waals surface area contributed by atoms with Crippen molar-refractivity contribution in [3.63, 3.8) is 0 Å². The van der Waals surface area contributed by atoms with E-state index in [0.29, 0.717) is 128 Å². The summed E-state index contributed by atoms with van der Waals surface area (Å²) >= 11 is 0. The molecule has 0 spiro atoms. The third-order valence-corrected chi connectivity index (χ3v) is 13.8. The van der Waals surface area contributed by atoms with Gasteiger partial charge < -0.3 is 73.0 Å². The zero-order valence-corrected chi connectivity index (χ0v) is 39.7. The first-order valence-corrected chi connectivity index (χ1v) is 23.1. The lowest BCUT2D eigenvalue weighted by Gasteiger charge is -2.29. The average molecular weight is 954 g/mol. The topological polar surface area (TPSA) is 252 Å². The molecule has 14 nitrogen and oxygen atoms in total. The number of ether oxygens (including phenoxy) is 6. The van der Waals surface area contributed by atoms with Crippen molar-refractivity contribution in [2.45, 2.75) is 77.0 Å². The maximum atomic E-state index is 12.2. The van der Waals surface area contributed by atoms with Crippen molar-refractivity contribution in [3.8, 4) is 69.0 Å². The molecule has 6 aromatic carbocycles. The fraction of sp³-hybridized carbons (Fsp3) is 0.259. The Hall–Kier alpha value is -7.71.